The summed E-state index contributed by atoms with van der Waals surface area (Å²) in [5, 5.41) is 12.9. The number of aromatic amines is 1. The smallest absolute Gasteiger partial charge is 0.119 e. The highest BCUT2D eigenvalue weighted by Crippen LogP contribution is 2.38. The molecule has 0 amide bonds. The van der Waals surface area contributed by atoms with Crippen molar-refractivity contribution in [2.45, 2.75) is 229 Å². The molecule has 2 N–H and O–H groups in total. The first-order valence-corrected chi connectivity index (χ1v) is 41.8. The molecule has 6 aromatic carbocycles. The molecule has 0 radical (unpaired) electrons. The molecule has 13 nitrogen and oxygen atoms in total. The fraction of sp³-hybridized carbons (Fsp3) is 0.505. The van der Waals surface area contributed by atoms with Crippen molar-refractivity contribution in [2.75, 3.05) is 39.8 Å². The van der Waals surface area contributed by atoms with Gasteiger partial charge < -0.3 is 34.1 Å². The first-order chi connectivity index (χ1) is 53.4. The number of benzene rings is 6. The summed E-state index contributed by atoms with van der Waals surface area (Å²) in [6.07, 6.45) is 30.2. The van der Waals surface area contributed by atoms with E-state index in [1.807, 2.05) is 36.9 Å². The molecular weight excluding hydrogens is 1360 g/mol. The number of ether oxygens (including phenoxy) is 4. The molecule has 4 aliphatic rings. The number of nitrogens with one attached hydrogen (secondary N) is 2. The van der Waals surface area contributed by atoms with E-state index in [9.17, 15) is 5.26 Å². The number of fused-ring (bicyclic) bond motifs is 1. The molecule has 0 bridgehead atoms. The van der Waals surface area contributed by atoms with Gasteiger partial charge in [0.1, 0.15) is 23.0 Å². The Balaban J connectivity index is 0.000000156. The van der Waals surface area contributed by atoms with E-state index in [1.54, 1.807) is 6.33 Å². The maximum Gasteiger partial charge on any atom is 0.119 e. The Morgan fingerprint density at radius 3 is 1.30 bits per heavy atom. The zero-order valence-electron chi connectivity index (χ0n) is 68.5. The van der Waals surface area contributed by atoms with Crippen molar-refractivity contribution in [1.82, 2.24) is 40.0 Å². The lowest BCUT2D eigenvalue weighted by molar-refractivity contribution is 0.0808. The van der Waals surface area contributed by atoms with Gasteiger partial charge in [-0.25, -0.2) is 4.98 Å². The van der Waals surface area contributed by atoms with E-state index in [4.69, 9.17) is 18.9 Å². The molecule has 0 aliphatic heterocycles. The lowest BCUT2D eigenvalue weighted by atomic mass is 9.79. The molecule has 5 unspecified atom stereocenters. The SMILES string of the molecule is Cc1cccc(O[C@@H]2CCCC(C(C)CNCc3ccc4nc[nH]c4c3)C2)c1.Cc1cccc(O[C@@H]2CCC[C@H](C(C)CN(C)Cc3ccccc3)C2)c1.Cc1cccc(O[C@@H]2CCC[C@H](C(C)CN(CC#N)Cc3ccncc3)C2)c1.Cc1cccc(O[C@@H]2CCC[C@H](C(C)CN(Cc3ccncc3)C(C)C)C2)c1. The number of pyridine rings is 2. The molecule has 0 saturated heterocycles. The van der Waals surface area contributed by atoms with Crippen LogP contribution in [0.5, 0.6) is 23.0 Å². The van der Waals surface area contributed by atoms with Crippen LogP contribution >= 0.6 is 0 Å². The minimum atomic E-state index is 0.299. The monoisotopic (exact) mass is 1490 g/mol. The van der Waals surface area contributed by atoms with Crippen molar-refractivity contribution in [2.24, 2.45) is 47.3 Å². The van der Waals surface area contributed by atoms with Gasteiger partial charge in [0.15, 0.2) is 0 Å². The van der Waals surface area contributed by atoms with Crippen molar-refractivity contribution in [3.8, 4) is 29.1 Å². The number of hydrogen-bond acceptors (Lipinski definition) is 12. The number of H-pyrrole nitrogens is 1. The second kappa shape index (κ2) is 44.6. The fourth-order valence-electron chi connectivity index (χ4n) is 17.3. The summed E-state index contributed by atoms with van der Waals surface area (Å²) in [4.78, 5) is 23.0. The third-order valence-corrected chi connectivity index (χ3v) is 23.6. The first-order valence-electron chi connectivity index (χ1n) is 41.8. The zero-order valence-corrected chi connectivity index (χ0v) is 68.5. The van der Waals surface area contributed by atoms with Crippen LogP contribution in [0.3, 0.4) is 0 Å². The number of imidazole rings is 1. The average molecular weight is 1490 g/mol. The van der Waals surface area contributed by atoms with Crippen LogP contribution < -0.4 is 24.3 Å². The normalized spacial score (nSPS) is 21.0. The summed E-state index contributed by atoms with van der Waals surface area (Å²) in [7, 11) is 2.24. The molecule has 9 aromatic rings. The van der Waals surface area contributed by atoms with Gasteiger partial charge in [-0.3, -0.25) is 19.8 Å². The highest BCUT2D eigenvalue weighted by Gasteiger charge is 2.33. The molecule has 4 fully saturated rings. The number of rotatable bonds is 30. The van der Waals surface area contributed by atoms with Gasteiger partial charge in [-0.05, 0) is 335 Å². The van der Waals surface area contributed by atoms with Crippen molar-refractivity contribution < 1.29 is 18.9 Å². The minimum absolute atomic E-state index is 0.299. The molecule has 0 spiro atoms. The topological polar surface area (TPSA) is 137 Å². The fourth-order valence-corrected chi connectivity index (χ4v) is 17.3. The van der Waals surface area contributed by atoms with E-state index in [2.05, 4.69) is 280 Å². The average Bonchev–Trinajstić information content (AvgIpc) is 1.51. The number of nitriles is 1. The van der Waals surface area contributed by atoms with Crippen LogP contribution in [0.15, 0.2) is 201 Å². The summed E-state index contributed by atoms with van der Waals surface area (Å²) in [6.45, 7) is 31.1. The van der Waals surface area contributed by atoms with Gasteiger partial charge >= 0.3 is 0 Å². The van der Waals surface area contributed by atoms with E-state index in [1.165, 1.54) is 128 Å². The second-order valence-corrected chi connectivity index (χ2v) is 33.5. The largest absolute Gasteiger partial charge is 0.490 e. The zero-order chi connectivity index (χ0) is 77.4. The molecule has 12 atom stereocenters. The number of hydrogen-bond donors (Lipinski definition) is 2. The Bertz CT molecular complexity index is 4110. The quantitative estimate of drug-likeness (QED) is 0.0415. The van der Waals surface area contributed by atoms with Crippen LogP contribution in [0, 0.1) is 86.4 Å². The molecule has 110 heavy (non-hydrogen) atoms. The van der Waals surface area contributed by atoms with E-state index in [0.29, 0.717) is 66.6 Å². The lowest BCUT2D eigenvalue weighted by Gasteiger charge is -2.37. The highest BCUT2D eigenvalue weighted by atomic mass is 16.5. The Morgan fingerprint density at radius 1 is 0.445 bits per heavy atom. The van der Waals surface area contributed by atoms with Crippen molar-refractivity contribution in [3.63, 3.8) is 0 Å². The van der Waals surface area contributed by atoms with Gasteiger partial charge in [-0.2, -0.15) is 5.26 Å². The van der Waals surface area contributed by atoms with Crippen molar-refractivity contribution >= 4 is 11.0 Å². The van der Waals surface area contributed by atoms with Crippen LogP contribution in [0.1, 0.15) is 189 Å². The Hall–Kier alpha value is -8.38. The molecular formula is C97H131N9O4. The van der Waals surface area contributed by atoms with E-state index < -0.39 is 0 Å². The highest BCUT2D eigenvalue weighted by molar-refractivity contribution is 5.75. The first kappa shape index (κ1) is 84.1. The van der Waals surface area contributed by atoms with Gasteiger partial charge in [0, 0.05) is 76.6 Å². The molecule has 4 saturated carbocycles. The van der Waals surface area contributed by atoms with Crippen LogP contribution in [-0.2, 0) is 26.2 Å². The van der Waals surface area contributed by atoms with E-state index in [-0.39, 0.29) is 0 Å². The van der Waals surface area contributed by atoms with Crippen molar-refractivity contribution in [3.05, 3.63) is 245 Å². The van der Waals surface area contributed by atoms with Crippen LogP contribution in [0.2, 0.25) is 0 Å². The molecule has 13 heteroatoms. The molecule has 4 aliphatic carbocycles. The molecule has 3 aromatic heterocycles. The second-order valence-electron chi connectivity index (χ2n) is 33.5. The Labute approximate surface area is 661 Å². The molecule has 588 valence electrons. The number of aromatic nitrogens is 4. The maximum atomic E-state index is 9.24. The van der Waals surface area contributed by atoms with E-state index >= 15 is 0 Å². The lowest BCUT2D eigenvalue weighted by Crippen LogP contribution is -2.38. The van der Waals surface area contributed by atoms with Crippen molar-refractivity contribution in [1.29, 1.82) is 5.26 Å². The third kappa shape index (κ3) is 28.7. The summed E-state index contributed by atoms with van der Waals surface area (Å²) >= 11 is 0. The number of aryl methyl sites for hydroxylation is 4. The Morgan fingerprint density at radius 2 is 0.864 bits per heavy atom. The van der Waals surface area contributed by atoms with Gasteiger partial charge in [0.05, 0.1) is 54.4 Å². The van der Waals surface area contributed by atoms with Crippen LogP contribution in [0.4, 0.5) is 0 Å². The molecule has 13 rings (SSSR count). The summed E-state index contributed by atoms with van der Waals surface area (Å²) in [5.41, 5.74) is 12.4. The van der Waals surface area contributed by atoms with Gasteiger partial charge in [-0.15, -0.1) is 0 Å². The summed E-state index contributed by atoms with van der Waals surface area (Å²) in [6, 6.07) is 62.1. The predicted molar refractivity (Wildman–Crippen MR) is 452 cm³/mol. The summed E-state index contributed by atoms with van der Waals surface area (Å²) in [5.74, 6) is 9.50. The van der Waals surface area contributed by atoms with Gasteiger partial charge in [0.25, 0.3) is 0 Å². The predicted octanol–water partition coefficient (Wildman–Crippen LogP) is 21.8. The Kier molecular flexibility index (Phi) is 34.1. The van der Waals surface area contributed by atoms with E-state index in [0.717, 1.165) is 123 Å². The minimum Gasteiger partial charge on any atom is -0.490 e. The summed E-state index contributed by atoms with van der Waals surface area (Å²) < 4.78 is 25.2. The van der Waals surface area contributed by atoms with Gasteiger partial charge in [0.2, 0.25) is 0 Å². The van der Waals surface area contributed by atoms with Crippen LogP contribution in [0.25, 0.3) is 11.0 Å². The number of nitrogens with zero attached hydrogens (tertiary/aromatic N) is 7. The standard InChI is InChI=1S/C25H36N2O.2C24H31N3O.C24H33NO/c1-19(2)27(18-22-11-13-26-14-12-22)17-21(4)23-8-6-10-25(16-23)28-24-9-5-7-20(3)15-24;1-17-5-3-7-21(11-17)28-22-8-4-6-20(13-22)18(2)14-25-15-19-9-10-23-24(12-19)27-16-26-23;1-19-5-3-7-23(15-19)28-24-8-4-6-22(16-24)20(2)17-27(14-11-25)18-21-9-12-26-13-10-21;1-19-9-7-13-23(15-19)26-24-14-8-12-22(16-24)20(2)17-25(3)18-21-10-5-4-6-11-21/h5,7,9,11-15,19,21,23,25H,6,8,10,16-18H2,1-4H3;3,5,7,9-12,16,18,20,22,25H,4,6,8,13-15H2,1-2H3,(H,26,27);3,5,7,9-10,12-13,15,20,22,24H,4,6,8,14,16-18H2,1-2H3;4-7,9-11,13,15,20,22,24H,8,12,14,16-18H2,1-3H3/t21?,23-,25+;18?,20?,22-;2*20?,22-,24+/m0100/s1. The third-order valence-electron chi connectivity index (χ3n) is 23.6. The van der Waals surface area contributed by atoms with Crippen LogP contribution in [-0.4, -0.2) is 105 Å². The maximum absolute atomic E-state index is 9.24. The van der Waals surface area contributed by atoms with Gasteiger partial charge in [-0.1, -0.05) is 113 Å². The molecule has 3 heterocycles.